The SMILES string of the molecule is Cc1cccc(-c2noc(C3CCCN(S(=O)(=O)c4ccc(C(C)(C)C)cc4)C3)n2)c1. The van der Waals surface area contributed by atoms with Crippen molar-refractivity contribution in [2.75, 3.05) is 13.1 Å². The predicted molar refractivity (Wildman–Crippen MR) is 120 cm³/mol. The molecule has 0 N–H and O–H groups in total. The summed E-state index contributed by atoms with van der Waals surface area (Å²) in [6, 6.07) is 15.2. The Balaban J connectivity index is 1.53. The Labute approximate surface area is 184 Å². The van der Waals surface area contributed by atoms with E-state index in [-0.39, 0.29) is 11.3 Å². The van der Waals surface area contributed by atoms with Crippen LogP contribution in [0, 0.1) is 6.92 Å². The van der Waals surface area contributed by atoms with E-state index in [0.717, 1.165) is 29.5 Å². The zero-order valence-corrected chi connectivity index (χ0v) is 19.3. The molecule has 2 aromatic carbocycles. The topological polar surface area (TPSA) is 76.3 Å². The molecule has 1 aromatic heterocycles. The summed E-state index contributed by atoms with van der Waals surface area (Å²) < 4.78 is 33.6. The van der Waals surface area contributed by atoms with Crippen LogP contribution >= 0.6 is 0 Å². The zero-order valence-electron chi connectivity index (χ0n) is 18.5. The summed E-state index contributed by atoms with van der Waals surface area (Å²) in [6.07, 6.45) is 1.58. The number of hydrogen-bond donors (Lipinski definition) is 0. The molecule has 0 saturated carbocycles. The molecule has 0 aliphatic carbocycles. The molecule has 3 aromatic rings. The van der Waals surface area contributed by atoms with E-state index < -0.39 is 10.0 Å². The van der Waals surface area contributed by atoms with Crippen LogP contribution in [0.4, 0.5) is 0 Å². The van der Waals surface area contributed by atoms with Gasteiger partial charge in [0.25, 0.3) is 0 Å². The van der Waals surface area contributed by atoms with Crippen molar-refractivity contribution in [2.24, 2.45) is 0 Å². The van der Waals surface area contributed by atoms with Crippen LogP contribution in [0.15, 0.2) is 57.9 Å². The second kappa shape index (κ2) is 8.20. The fraction of sp³-hybridized carbons (Fsp3) is 0.417. The third-order valence-electron chi connectivity index (χ3n) is 5.81. The Morgan fingerprint density at radius 2 is 1.84 bits per heavy atom. The summed E-state index contributed by atoms with van der Waals surface area (Å²) in [6.45, 7) is 9.20. The smallest absolute Gasteiger partial charge is 0.243 e. The molecule has 0 amide bonds. The van der Waals surface area contributed by atoms with Gasteiger partial charge in [-0.1, -0.05) is 61.8 Å². The van der Waals surface area contributed by atoms with Crippen molar-refractivity contribution in [3.8, 4) is 11.4 Å². The van der Waals surface area contributed by atoms with E-state index in [2.05, 4.69) is 30.9 Å². The predicted octanol–water partition coefficient (Wildman–Crippen LogP) is 4.91. The van der Waals surface area contributed by atoms with Gasteiger partial charge < -0.3 is 4.52 Å². The monoisotopic (exact) mass is 439 g/mol. The third-order valence-corrected chi connectivity index (χ3v) is 7.69. The summed E-state index contributed by atoms with van der Waals surface area (Å²) in [4.78, 5) is 4.90. The third kappa shape index (κ3) is 4.57. The first-order chi connectivity index (χ1) is 14.6. The normalized spacial score (nSPS) is 18.3. The number of aryl methyl sites for hydroxylation is 1. The summed E-state index contributed by atoms with van der Waals surface area (Å²) in [7, 11) is -3.57. The largest absolute Gasteiger partial charge is 0.339 e. The maximum atomic E-state index is 13.2. The van der Waals surface area contributed by atoms with Crippen molar-refractivity contribution >= 4 is 10.0 Å². The molecule has 1 aliphatic heterocycles. The first-order valence-electron chi connectivity index (χ1n) is 10.7. The van der Waals surface area contributed by atoms with Gasteiger partial charge in [-0.3, -0.25) is 0 Å². The van der Waals surface area contributed by atoms with Crippen LogP contribution in [0.5, 0.6) is 0 Å². The van der Waals surface area contributed by atoms with Gasteiger partial charge in [-0.25, -0.2) is 8.42 Å². The van der Waals surface area contributed by atoms with E-state index in [9.17, 15) is 8.42 Å². The lowest BCUT2D eigenvalue weighted by Gasteiger charge is -2.30. The molecule has 1 unspecified atom stereocenters. The number of nitrogens with zero attached hydrogens (tertiary/aromatic N) is 3. The highest BCUT2D eigenvalue weighted by Crippen LogP contribution is 2.31. The van der Waals surface area contributed by atoms with Crippen LogP contribution in [0.2, 0.25) is 0 Å². The van der Waals surface area contributed by atoms with Gasteiger partial charge in [0.05, 0.1) is 10.8 Å². The highest BCUT2D eigenvalue weighted by molar-refractivity contribution is 7.89. The standard InChI is InChI=1S/C24H29N3O3S/c1-17-7-5-8-18(15-17)22-25-23(30-26-22)19-9-6-14-27(16-19)31(28,29)21-12-10-20(11-13-21)24(2,3)4/h5,7-8,10-13,15,19H,6,9,14,16H2,1-4H3. The molecule has 1 aliphatic rings. The van der Waals surface area contributed by atoms with Crippen LogP contribution in [-0.4, -0.2) is 36.0 Å². The molecule has 7 heteroatoms. The van der Waals surface area contributed by atoms with E-state index >= 15 is 0 Å². The number of benzene rings is 2. The molecule has 2 heterocycles. The van der Waals surface area contributed by atoms with Gasteiger partial charge in [0.15, 0.2) is 0 Å². The molecule has 31 heavy (non-hydrogen) atoms. The summed E-state index contributed by atoms with van der Waals surface area (Å²) >= 11 is 0. The van der Waals surface area contributed by atoms with Gasteiger partial charge in [-0.2, -0.15) is 9.29 Å². The van der Waals surface area contributed by atoms with Gasteiger partial charge >= 0.3 is 0 Å². The van der Waals surface area contributed by atoms with E-state index in [1.165, 1.54) is 0 Å². The van der Waals surface area contributed by atoms with Gasteiger partial charge in [0.1, 0.15) is 0 Å². The Morgan fingerprint density at radius 1 is 1.10 bits per heavy atom. The molecule has 6 nitrogen and oxygen atoms in total. The first-order valence-corrected chi connectivity index (χ1v) is 12.1. The average Bonchev–Trinajstić information content (AvgIpc) is 3.24. The van der Waals surface area contributed by atoms with Gasteiger partial charge in [0.2, 0.25) is 21.7 Å². The van der Waals surface area contributed by atoms with Crippen LogP contribution in [0.25, 0.3) is 11.4 Å². The summed E-state index contributed by atoms with van der Waals surface area (Å²) in [5.41, 5.74) is 3.11. The molecule has 0 spiro atoms. The lowest BCUT2D eigenvalue weighted by molar-refractivity contribution is 0.265. The zero-order chi connectivity index (χ0) is 22.2. The molecule has 4 rings (SSSR count). The fourth-order valence-corrected chi connectivity index (χ4v) is 5.46. The lowest BCUT2D eigenvalue weighted by Crippen LogP contribution is -2.39. The molecule has 1 atom stereocenters. The quantitative estimate of drug-likeness (QED) is 0.577. The van der Waals surface area contributed by atoms with Crippen molar-refractivity contribution in [2.45, 2.75) is 56.8 Å². The fourth-order valence-electron chi connectivity index (χ4n) is 3.94. The molecule has 1 saturated heterocycles. The van der Waals surface area contributed by atoms with Crippen molar-refractivity contribution < 1.29 is 12.9 Å². The highest BCUT2D eigenvalue weighted by atomic mass is 32.2. The van der Waals surface area contributed by atoms with Crippen LogP contribution in [-0.2, 0) is 15.4 Å². The van der Waals surface area contributed by atoms with Crippen molar-refractivity contribution in [3.05, 3.63) is 65.5 Å². The van der Waals surface area contributed by atoms with Crippen molar-refractivity contribution in [3.63, 3.8) is 0 Å². The second-order valence-corrected chi connectivity index (χ2v) is 11.2. The summed E-state index contributed by atoms with van der Waals surface area (Å²) in [5, 5.41) is 4.13. The molecule has 0 radical (unpaired) electrons. The highest BCUT2D eigenvalue weighted by Gasteiger charge is 2.33. The molecular formula is C24H29N3O3S. The molecular weight excluding hydrogens is 410 g/mol. The number of piperidine rings is 1. The maximum absolute atomic E-state index is 13.2. The molecule has 0 bridgehead atoms. The minimum absolute atomic E-state index is 0.0224. The van der Waals surface area contributed by atoms with Crippen molar-refractivity contribution in [1.29, 1.82) is 0 Å². The average molecular weight is 440 g/mol. The van der Waals surface area contributed by atoms with Crippen LogP contribution in [0.1, 0.15) is 56.5 Å². The first kappa shape index (κ1) is 21.7. The second-order valence-electron chi connectivity index (χ2n) is 9.30. The molecule has 164 valence electrons. The number of aromatic nitrogens is 2. The van der Waals surface area contributed by atoms with Crippen LogP contribution in [0.3, 0.4) is 0 Å². The van der Waals surface area contributed by atoms with Gasteiger partial charge in [-0.05, 0) is 48.9 Å². The Morgan fingerprint density at radius 3 is 2.52 bits per heavy atom. The van der Waals surface area contributed by atoms with E-state index in [1.54, 1.807) is 16.4 Å². The Bertz CT molecular complexity index is 1160. The number of sulfonamides is 1. The van der Waals surface area contributed by atoms with E-state index in [0.29, 0.717) is 29.7 Å². The van der Waals surface area contributed by atoms with Gasteiger partial charge in [0, 0.05) is 18.7 Å². The Hall–Kier alpha value is -2.51. The van der Waals surface area contributed by atoms with Gasteiger partial charge in [-0.15, -0.1) is 0 Å². The Kier molecular flexibility index (Phi) is 5.75. The number of rotatable bonds is 4. The van der Waals surface area contributed by atoms with Crippen molar-refractivity contribution in [1.82, 2.24) is 14.4 Å². The maximum Gasteiger partial charge on any atom is 0.243 e. The molecule has 1 fully saturated rings. The lowest BCUT2D eigenvalue weighted by atomic mass is 9.87. The minimum Gasteiger partial charge on any atom is -0.339 e. The van der Waals surface area contributed by atoms with E-state index in [4.69, 9.17) is 4.52 Å². The van der Waals surface area contributed by atoms with Crippen LogP contribution < -0.4 is 0 Å². The summed E-state index contributed by atoms with van der Waals surface area (Å²) in [5.74, 6) is 0.930. The minimum atomic E-state index is -3.57. The number of hydrogen-bond acceptors (Lipinski definition) is 5. The van der Waals surface area contributed by atoms with E-state index in [1.807, 2.05) is 43.3 Å².